The molecular weight excluding hydrogens is 308 g/mol. The normalized spacial score (nSPS) is 11.8. The lowest BCUT2D eigenvalue weighted by Gasteiger charge is -2.21. The molecule has 1 rings (SSSR count). The van der Waals surface area contributed by atoms with Gasteiger partial charge in [-0.3, -0.25) is 0 Å². The molecule has 0 unspecified atom stereocenters. The fourth-order valence-electron chi connectivity index (χ4n) is 2.77. The molecule has 1 aromatic carbocycles. The van der Waals surface area contributed by atoms with E-state index in [1.165, 1.54) is 68.9 Å². The Morgan fingerprint density at radius 1 is 0.850 bits per heavy atom. The lowest BCUT2D eigenvalue weighted by Crippen LogP contribution is -2.10. The van der Waals surface area contributed by atoms with Crippen LogP contribution in [0.5, 0.6) is 0 Å². The Kier molecular flexibility index (Phi) is 8.52. The van der Waals surface area contributed by atoms with Gasteiger partial charge in [0, 0.05) is 4.32 Å². The second-order valence-corrected chi connectivity index (χ2v) is 8.34. The standard InChI is InChI=1S/C19H31Br/c1-4-5-6-7-8-9-10-11-14-17-15-12-13-16-18(17)19(2,3)20/h12-13,15-16H,4-11,14H2,1-3H3. The van der Waals surface area contributed by atoms with E-state index in [1.807, 2.05) is 0 Å². The van der Waals surface area contributed by atoms with Crippen molar-refractivity contribution in [2.45, 2.75) is 82.9 Å². The Balaban J connectivity index is 2.26. The third kappa shape index (κ3) is 6.92. The Bertz CT molecular complexity index is 362. The first kappa shape index (κ1) is 17.8. The zero-order valence-corrected chi connectivity index (χ0v) is 15.1. The Labute approximate surface area is 134 Å². The Morgan fingerprint density at radius 3 is 2.00 bits per heavy atom. The summed E-state index contributed by atoms with van der Waals surface area (Å²) in [5.74, 6) is 0. The van der Waals surface area contributed by atoms with Gasteiger partial charge in [0.05, 0.1) is 0 Å². The van der Waals surface area contributed by atoms with Crippen LogP contribution in [0.25, 0.3) is 0 Å². The van der Waals surface area contributed by atoms with Crippen molar-refractivity contribution in [2.75, 3.05) is 0 Å². The van der Waals surface area contributed by atoms with Crippen LogP contribution < -0.4 is 0 Å². The quantitative estimate of drug-likeness (QED) is 0.318. The molecule has 0 aliphatic carbocycles. The van der Waals surface area contributed by atoms with Crippen molar-refractivity contribution in [3.05, 3.63) is 35.4 Å². The van der Waals surface area contributed by atoms with E-state index in [9.17, 15) is 0 Å². The van der Waals surface area contributed by atoms with Crippen molar-refractivity contribution < 1.29 is 0 Å². The molecule has 0 nitrogen and oxygen atoms in total. The van der Waals surface area contributed by atoms with Gasteiger partial charge in [0.15, 0.2) is 0 Å². The van der Waals surface area contributed by atoms with Crippen LogP contribution in [0.1, 0.15) is 83.3 Å². The molecule has 0 N–H and O–H groups in total. The second kappa shape index (κ2) is 9.60. The van der Waals surface area contributed by atoms with Crippen LogP contribution in [0, 0.1) is 0 Å². The highest BCUT2D eigenvalue weighted by Gasteiger charge is 2.18. The molecule has 0 atom stereocenters. The molecule has 0 amide bonds. The van der Waals surface area contributed by atoms with Crippen LogP contribution >= 0.6 is 15.9 Å². The van der Waals surface area contributed by atoms with Crippen molar-refractivity contribution in [3.63, 3.8) is 0 Å². The molecule has 1 heteroatoms. The van der Waals surface area contributed by atoms with E-state index in [0.29, 0.717) is 0 Å². The minimum Gasteiger partial charge on any atom is -0.0807 e. The van der Waals surface area contributed by atoms with Gasteiger partial charge in [-0.05, 0) is 37.8 Å². The smallest absolute Gasteiger partial charge is 0.0452 e. The Hall–Kier alpha value is -0.300. The van der Waals surface area contributed by atoms with Crippen LogP contribution in [0.4, 0.5) is 0 Å². The SMILES string of the molecule is CCCCCCCCCCc1ccccc1C(C)(C)Br. The first-order valence-electron chi connectivity index (χ1n) is 8.33. The maximum absolute atomic E-state index is 3.80. The molecule has 0 aliphatic rings. The predicted octanol–water partition coefficient (Wildman–Crippen LogP) is 7.00. The number of alkyl halides is 1. The Morgan fingerprint density at radius 2 is 1.40 bits per heavy atom. The van der Waals surface area contributed by atoms with Crippen molar-refractivity contribution in [2.24, 2.45) is 0 Å². The fourth-order valence-corrected chi connectivity index (χ4v) is 3.15. The van der Waals surface area contributed by atoms with E-state index >= 15 is 0 Å². The predicted molar refractivity (Wildman–Crippen MR) is 94.7 cm³/mol. The van der Waals surface area contributed by atoms with E-state index in [0.717, 1.165) is 0 Å². The van der Waals surface area contributed by atoms with Gasteiger partial charge < -0.3 is 0 Å². The average Bonchev–Trinajstić information content (AvgIpc) is 2.41. The monoisotopic (exact) mass is 338 g/mol. The summed E-state index contributed by atoms with van der Waals surface area (Å²) in [5, 5.41) is 0. The molecule has 0 aliphatic heterocycles. The molecule has 0 radical (unpaired) electrons. The summed E-state index contributed by atoms with van der Waals surface area (Å²) in [6, 6.07) is 8.87. The van der Waals surface area contributed by atoms with E-state index in [-0.39, 0.29) is 4.32 Å². The fraction of sp³-hybridized carbons (Fsp3) is 0.684. The summed E-state index contributed by atoms with van der Waals surface area (Å²) >= 11 is 3.80. The second-order valence-electron chi connectivity index (χ2n) is 6.35. The summed E-state index contributed by atoms with van der Waals surface area (Å²) in [6.07, 6.45) is 12.4. The third-order valence-electron chi connectivity index (χ3n) is 3.96. The van der Waals surface area contributed by atoms with Gasteiger partial charge in [-0.15, -0.1) is 0 Å². The molecule has 0 bridgehead atoms. The lowest BCUT2D eigenvalue weighted by atomic mass is 9.93. The summed E-state index contributed by atoms with van der Waals surface area (Å²) in [4.78, 5) is 0. The van der Waals surface area contributed by atoms with E-state index in [2.05, 4.69) is 61.0 Å². The number of aryl methyl sites for hydroxylation is 1. The van der Waals surface area contributed by atoms with Gasteiger partial charge in [0.25, 0.3) is 0 Å². The number of hydrogen-bond donors (Lipinski definition) is 0. The van der Waals surface area contributed by atoms with Crippen molar-refractivity contribution in [1.82, 2.24) is 0 Å². The number of benzene rings is 1. The van der Waals surface area contributed by atoms with Crippen LogP contribution in [-0.2, 0) is 10.7 Å². The van der Waals surface area contributed by atoms with Gasteiger partial charge in [-0.2, -0.15) is 0 Å². The largest absolute Gasteiger partial charge is 0.0807 e. The maximum Gasteiger partial charge on any atom is 0.0452 e. The molecule has 0 saturated heterocycles. The van der Waals surface area contributed by atoms with Gasteiger partial charge in [-0.1, -0.05) is 92.1 Å². The highest BCUT2D eigenvalue weighted by Crippen LogP contribution is 2.33. The van der Waals surface area contributed by atoms with Crippen LogP contribution in [-0.4, -0.2) is 0 Å². The molecular formula is C19H31Br. The van der Waals surface area contributed by atoms with E-state index in [4.69, 9.17) is 0 Å². The number of halogens is 1. The zero-order chi connectivity index (χ0) is 14.8. The molecule has 0 spiro atoms. The van der Waals surface area contributed by atoms with Crippen LogP contribution in [0.2, 0.25) is 0 Å². The summed E-state index contributed by atoms with van der Waals surface area (Å²) in [5.41, 5.74) is 2.96. The first-order valence-corrected chi connectivity index (χ1v) is 9.12. The maximum atomic E-state index is 3.80. The van der Waals surface area contributed by atoms with Crippen molar-refractivity contribution in [1.29, 1.82) is 0 Å². The highest BCUT2D eigenvalue weighted by molar-refractivity contribution is 9.09. The van der Waals surface area contributed by atoms with Gasteiger partial charge in [0.1, 0.15) is 0 Å². The van der Waals surface area contributed by atoms with Gasteiger partial charge in [-0.25, -0.2) is 0 Å². The number of rotatable bonds is 10. The average molecular weight is 339 g/mol. The summed E-state index contributed by atoms with van der Waals surface area (Å²) in [6.45, 7) is 6.75. The molecule has 0 heterocycles. The van der Waals surface area contributed by atoms with Crippen LogP contribution in [0.3, 0.4) is 0 Å². The summed E-state index contributed by atoms with van der Waals surface area (Å²) in [7, 11) is 0. The highest BCUT2D eigenvalue weighted by atomic mass is 79.9. The van der Waals surface area contributed by atoms with Gasteiger partial charge >= 0.3 is 0 Å². The first-order chi connectivity index (χ1) is 9.55. The minimum atomic E-state index is 0.0870. The molecule has 0 saturated carbocycles. The molecule has 0 fully saturated rings. The van der Waals surface area contributed by atoms with Gasteiger partial charge in [0.2, 0.25) is 0 Å². The third-order valence-corrected chi connectivity index (χ3v) is 4.38. The topological polar surface area (TPSA) is 0 Å². The van der Waals surface area contributed by atoms with Crippen LogP contribution in [0.15, 0.2) is 24.3 Å². The van der Waals surface area contributed by atoms with Crippen molar-refractivity contribution in [3.8, 4) is 0 Å². The summed E-state index contributed by atoms with van der Waals surface area (Å²) < 4.78 is 0.0870. The van der Waals surface area contributed by atoms with Crippen molar-refractivity contribution >= 4 is 15.9 Å². The minimum absolute atomic E-state index is 0.0870. The van der Waals surface area contributed by atoms with E-state index < -0.39 is 0 Å². The lowest BCUT2D eigenvalue weighted by molar-refractivity contribution is 0.574. The molecule has 114 valence electrons. The molecule has 20 heavy (non-hydrogen) atoms. The van der Waals surface area contributed by atoms with E-state index in [1.54, 1.807) is 0 Å². The number of unbranched alkanes of at least 4 members (excludes halogenated alkanes) is 7. The zero-order valence-electron chi connectivity index (χ0n) is 13.6. The molecule has 1 aromatic rings. The number of hydrogen-bond acceptors (Lipinski definition) is 0. The molecule has 0 aromatic heterocycles.